The molecule has 1 atom stereocenters. The van der Waals surface area contributed by atoms with E-state index in [1.165, 1.54) is 6.20 Å². The lowest BCUT2D eigenvalue weighted by atomic mass is 10.2. The highest BCUT2D eigenvalue weighted by Gasteiger charge is 2.06. The van der Waals surface area contributed by atoms with Gasteiger partial charge in [0.2, 0.25) is 0 Å². The van der Waals surface area contributed by atoms with Crippen molar-refractivity contribution < 1.29 is 8.76 Å². The summed E-state index contributed by atoms with van der Waals surface area (Å²) in [6, 6.07) is 9.41. The van der Waals surface area contributed by atoms with Crippen molar-refractivity contribution in [1.29, 1.82) is 0 Å². The molecule has 0 radical (unpaired) electrons. The van der Waals surface area contributed by atoms with Gasteiger partial charge in [-0.25, -0.2) is 14.6 Å². The maximum atomic E-state index is 10.7. The Kier molecular flexibility index (Phi) is 3.06. The van der Waals surface area contributed by atoms with Crippen LogP contribution in [0, 0.1) is 0 Å². The van der Waals surface area contributed by atoms with Crippen molar-refractivity contribution >= 4 is 22.0 Å². The molecule has 7 heteroatoms. The first kappa shape index (κ1) is 11.9. The first-order valence-electron chi connectivity index (χ1n) is 5.55. The van der Waals surface area contributed by atoms with Crippen LogP contribution in [-0.4, -0.2) is 28.5 Å². The maximum absolute atomic E-state index is 10.7. The van der Waals surface area contributed by atoms with Gasteiger partial charge in [-0.05, 0) is 17.1 Å². The van der Waals surface area contributed by atoms with Gasteiger partial charge in [-0.2, -0.15) is 5.10 Å². The lowest BCUT2D eigenvalue weighted by Gasteiger charge is -2.06. The highest BCUT2D eigenvalue weighted by molar-refractivity contribution is 7.78. The van der Waals surface area contributed by atoms with E-state index in [4.69, 9.17) is 0 Å². The van der Waals surface area contributed by atoms with Crippen LogP contribution in [0.1, 0.15) is 5.82 Å². The Bertz CT molecular complexity index is 756. The van der Waals surface area contributed by atoms with E-state index < -0.39 is 11.1 Å². The van der Waals surface area contributed by atoms with Crippen LogP contribution in [0.4, 0.5) is 0 Å². The first-order valence-corrected chi connectivity index (χ1v) is 6.79. The molecular formula is C12H9N4O2S-. The Labute approximate surface area is 111 Å². The number of rotatable bonds is 3. The summed E-state index contributed by atoms with van der Waals surface area (Å²) in [5, 5.41) is 5.25. The van der Waals surface area contributed by atoms with Crippen molar-refractivity contribution in [2.45, 2.75) is 5.75 Å². The van der Waals surface area contributed by atoms with Crippen molar-refractivity contribution in [3.8, 4) is 5.82 Å². The normalized spacial score (nSPS) is 12.7. The van der Waals surface area contributed by atoms with Crippen LogP contribution in [0.3, 0.4) is 0 Å². The molecule has 1 aromatic carbocycles. The number of hydrogen-bond donors (Lipinski definition) is 0. The number of para-hydroxylation sites is 1. The third-order valence-corrected chi connectivity index (χ3v) is 3.13. The third-order valence-electron chi connectivity index (χ3n) is 2.63. The highest BCUT2D eigenvalue weighted by atomic mass is 32.2. The van der Waals surface area contributed by atoms with E-state index in [0.29, 0.717) is 5.82 Å². The second-order valence-corrected chi connectivity index (χ2v) is 4.79. The molecule has 0 saturated carbocycles. The van der Waals surface area contributed by atoms with Crippen molar-refractivity contribution in [2.24, 2.45) is 0 Å². The Morgan fingerprint density at radius 2 is 2.11 bits per heavy atom. The van der Waals surface area contributed by atoms with Crippen molar-refractivity contribution in [3.05, 3.63) is 48.5 Å². The van der Waals surface area contributed by atoms with Gasteiger partial charge in [0.15, 0.2) is 5.82 Å². The molecule has 0 bridgehead atoms. The summed E-state index contributed by atoms with van der Waals surface area (Å²) >= 11 is -2.20. The van der Waals surface area contributed by atoms with Crippen LogP contribution in [-0.2, 0) is 16.8 Å². The van der Waals surface area contributed by atoms with Gasteiger partial charge < -0.3 is 4.55 Å². The minimum Gasteiger partial charge on any atom is -0.772 e. The van der Waals surface area contributed by atoms with Gasteiger partial charge in [-0.1, -0.05) is 18.2 Å². The standard InChI is InChI=1S/C12H10N4O2S/c17-19(18)8-11-13-6-5-12(15-11)16-10-4-2-1-3-9(10)7-14-16/h1-7H,8H2,(H,17,18)/p-1. The van der Waals surface area contributed by atoms with Crippen LogP contribution in [0.5, 0.6) is 0 Å². The molecule has 3 aromatic rings. The molecule has 0 aliphatic carbocycles. The zero-order chi connectivity index (χ0) is 13.2. The lowest BCUT2D eigenvalue weighted by Crippen LogP contribution is -2.05. The van der Waals surface area contributed by atoms with E-state index in [2.05, 4.69) is 15.1 Å². The number of nitrogens with zero attached hydrogens (tertiary/aromatic N) is 4. The molecule has 0 aliphatic rings. The predicted molar refractivity (Wildman–Crippen MR) is 69.3 cm³/mol. The fourth-order valence-electron chi connectivity index (χ4n) is 1.84. The third kappa shape index (κ3) is 2.38. The number of hydrogen-bond acceptors (Lipinski definition) is 5. The largest absolute Gasteiger partial charge is 0.772 e. The van der Waals surface area contributed by atoms with Gasteiger partial charge in [-0.15, -0.1) is 0 Å². The molecule has 2 aromatic heterocycles. The summed E-state index contributed by atoms with van der Waals surface area (Å²) in [6.07, 6.45) is 3.27. The van der Waals surface area contributed by atoms with Gasteiger partial charge >= 0.3 is 0 Å². The van der Waals surface area contributed by atoms with Crippen LogP contribution >= 0.6 is 0 Å². The molecule has 96 valence electrons. The average molecular weight is 273 g/mol. The maximum Gasteiger partial charge on any atom is 0.157 e. The molecule has 0 fully saturated rings. The fourth-order valence-corrected chi connectivity index (χ4v) is 2.19. The SMILES string of the molecule is O=S([O-])Cc1nccc(-n2ncc3ccccc32)n1. The number of aromatic nitrogens is 4. The molecule has 2 heterocycles. The molecule has 3 rings (SSSR count). The van der Waals surface area contributed by atoms with Crippen molar-refractivity contribution in [1.82, 2.24) is 19.7 Å². The summed E-state index contributed by atoms with van der Waals surface area (Å²) in [6.45, 7) is 0. The van der Waals surface area contributed by atoms with Crippen LogP contribution < -0.4 is 0 Å². The van der Waals surface area contributed by atoms with Crippen molar-refractivity contribution in [3.63, 3.8) is 0 Å². The predicted octanol–water partition coefficient (Wildman–Crippen LogP) is 1.19. The fraction of sp³-hybridized carbons (Fsp3) is 0.0833. The Hall–Kier alpha value is -2.12. The summed E-state index contributed by atoms with van der Waals surface area (Å²) in [4.78, 5) is 8.13. The molecule has 6 nitrogen and oxygen atoms in total. The van der Waals surface area contributed by atoms with E-state index in [9.17, 15) is 8.76 Å². The van der Waals surface area contributed by atoms with Crippen LogP contribution in [0.15, 0.2) is 42.7 Å². The Balaban J connectivity index is 2.09. The summed E-state index contributed by atoms with van der Waals surface area (Å²) in [7, 11) is 0. The van der Waals surface area contributed by atoms with Crippen LogP contribution in [0.2, 0.25) is 0 Å². The minimum absolute atomic E-state index is 0.201. The first-order chi connectivity index (χ1) is 9.24. The van der Waals surface area contributed by atoms with Gasteiger partial charge in [0.05, 0.1) is 17.5 Å². The van der Waals surface area contributed by atoms with Crippen molar-refractivity contribution in [2.75, 3.05) is 0 Å². The summed E-state index contributed by atoms with van der Waals surface area (Å²) in [5.41, 5.74) is 0.912. The smallest absolute Gasteiger partial charge is 0.157 e. The second-order valence-electron chi connectivity index (χ2n) is 3.89. The van der Waals surface area contributed by atoms with E-state index in [-0.39, 0.29) is 11.6 Å². The highest BCUT2D eigenvalue weighted by Crippen LogP contribution is 2.16. The van der Waals surface area contributed by atoms with E-state index in [1.54, 1.807) is 16.9 Å². The van der Waals surface area contributed by atoms with E-state index in [0.717, 1.165) is 10.9 Å². The van der Waals surface area contributed by atoms with Gasteiger partial charge in [0.1, 0.15) is 5.82 Å². The minimum atomic E-state index is -2.20. The zero-order valence-electron chi connectivity index (χ0n) is 9.76. The summed E-state index contributed by atoms with van der Waals surface area (Å²) < 4.78 is 23.0. The Morgan fingerprint density at radius 1 is 1.26 bits per heavy atom. The quantitative estimate of drug-likeness (QED) is 0.669. The Morgan fingerprint density at radius 3 is 2.95 bits per heavy atom. The van der Waals surface area contributed by atoms with E-state index in [1.807, 2.05) is 24.3 Å². The zero-order valence-corrected chi connectivity index (χ0v) is 10.6. The van der Waals surface area contributed by atoms with Crippen LogP contribution in [0.25, 0.3) is 16.7 Å². The second kappa shape index (κ2) is 4.87. The molecule has 0 spiro atoms. The molecule has 0 N–H and O–H groups in total. The average Bonchev–Trinajstić information content (AvgIpc) is 2.82. The van der Waals surface area contributed by atoms with Gasteiger partial charge in [-0.3, -0.25) is 4.21 Å². The topological polar surface area (TPSA) is 83.7 Å². The molecular weight excluding hydrogens is 264 g/mol. The molecule has 0 aliphatic heterocycles. The summed E-state index contributed by atoms with van der Waals surface area (Å²) in [5.74, 6) is 0.606. The van der Waals surface area contributed by atoms with E-state index >= 15 is 0 Å². The molecule has 19 heavy (non-hydrogen) atoms. The monoisotopic (exact) mass is 273 g/mol. The number of fused-ring (bicyclic) bond motifs is 1. The van der Waals surface area contributed by atoms with Gasteiger partial charge in [0.25, 0.3) is 0 Å². The molecule has 1 unspecified atom stereocenters. The van der Waals surface area contributed by atoms with Gasteiger partial charge in [0, 0.05) is 17.6 Å². The number of benzene rings is 1. The molecule has 0 amide bonds. The molecule has 0 saturated heterocycles. The lowest BCUT2D eigenvalue weighted by molar-refractivity contribution is 0.534.